The minimum absolute atomic E-state index is 0.172. The molecule has 16 heavy (non-hydrogen) atoms. The summed E-state index contributed by atoms with van der Waals surface area (Å²) in [5, 5.41) is 10.1. The number of hydrogen-bond donors (Lipinski definition) is 2. The molecule has 1 heterocycles. The second-order valence-electron chi connectivity index (χ2n) is 5.50. The largest absolute Gasteiger partial charge is 0.386 e. The number of nitrogens with zero attached hydrogens (tertiary/aromatic N) is 1. The van der Waals surface area contributed by atoms with E-state index in [9.17, 15) is 9.90 Å². The molecule has 0 bridgehead atoms. The van der Waals surface area contributed by atoms with Crippen molar-refractivity contribution in [2.45, 2.75) is 50.7 Å². The van der Waals surface area contributed by atoms with Gasteiger partial charge in [0.1, 0.15) is 5.60 Å². The maximum Gasteiger partial charge on any atom is 0.222 e. The summed E-state index contributed by atoms with van der Waals surface area (Å²) in [6.07, 6.45) is 4.58. The van der Waals surface area contributed by atoms with Crippen molar-refractivity contribution in [2.24, 2.45) is 11.7 Å². The molecule has 0 aromatic rings. The van der Waals surface area contributed by atoms with Crippen molar-refractivity contribution in [3.8, 4) is 0 Å². The molecule has 0 aromatic carbocycles. The van der Waals surface area contributed by atoms with Gasteiger partial charge in [0.25, 0.3) is 0 Å². The zero-order valence-electron chi connectivity index (χ0n) is 9.98. The predicted octanol–water partition coefficient (Wildman–Crippen LogP) is 0.487. The predicted molar refractivity (Wildman–Crippen MR) is 61.8 cm³/mol. The fraction of sp³-hybridized carbons (Fsp3) is 0.917. The Hall–Kier alpha value is -0.610. The maximum absolute atomic E-state index is 11.7. The first kappa shape index (κ1) is 11.9. The lowest BCUT2D eigenvalue weighted by Crippen LogP contribution is -2.64. The Labute approximate surface area is 96.8 Å². The van der Waals surface area contributed by atoms with Crippen LogP contribution in [-0.4, -0.2) is 40.6 Å². The van der Waals surface area contributed by atoms with E-state index in [2.05, 4.69) is 0 Å². The van der Waals surface area contributed by atoms with E-state index in [1.807, 2.05) is 6.92 Å². The lowest BCUT2D eigenvalue weighted by Gasteiger charge is -2.47. The summed E-state index contributed by atoms with van der Waals surface area (Å²) >= 11 is 0. The molecule has 1 atom stereocenters. The third-order valence-corrected chi connectivity index (χ3v) is 3.67. The molecule has 92 valence electrons. The number of amides is 1. The SMILES string of the molecule is CC(N)CCCC(=O)N1CC(O)(C2CC2)C1. The highest BCUT2D eigenvalue weighted by Crippen LogP contribution is 2.44. The monoisotopic (exact) mass is 226 g/mol. The topological polar surface area (TPSA) is 66.6 Å². The van der Waals surface area contributed by atoms with E-state index in [-0.39, 0.29) is 11.9 Å². The minimum Gasteiger partial charge on any atom is -0.386 e. The highest BCUT2D eigenvalue weighted by molar-refractivity contribution is 5.77. The second kappa shape index (κ2) is 4.34. The van der Waals surface area contributed by atoms with Gasteiger partial charge in [-0.2, -0.15) is 0 Å². The van der Waals surface area contributed by atoms with Crippen LogP contribution in [0.2, 0.25) is 0 Å². The third kappa shape index (κ3) is 2.55. The van der Waals surface area contributed by atoms with Gasteiger partial charge >= 0.3 is 0 Å². The summed E-state index contributed by atoms with van der Waals surface area (Å²) < 4.78 is 0. The van der Waals surface area contributed by atoms with Crippen LogP contribution >= 0.6 is 0 Å². The zero-order valence-corrected chi connectivity index (χ0v) is 9.98. The molecule has 1 saturated heterocycles. The Morgan fingerprint density at radius 2 is 2.19 bits per heavy atom. The van der Waals surface area contributed by atoms with Crippen LogP contribution in [0.4, 0.5) is 0 Å². The number of β-amino-alcohol motifs (C(OH)–C–C–N with tert-alkyl or cyclic N) is 1. The number of hydrogen-bond acceptors (Lipinski definition) is 3. The number of aliphatic hydroxyl groups is 1. The van der Waals surface area contributed by atoms with E-state index in [1.54, 1.807) is 4.90 Å². The van der Waals surface area contributed by atoms with Gasteiger partial charge in [0, 0.05) is 12.5 Å². The van der Waals surface area contributed by atoms with Gasteiger partial charge in [-0.25, -0.2) is 0 Å². The van der Waals surface area contributed by atoms with E-state index in [1.165, 1.54) is 0 Å². The maximum atomic E-state index is 11.7. The number of rotatable bonds is 5. The van der Waals surface area contributed by atoms with Crippen molar-refractivity contribution in [2.75, 3.05) is 13.1 Å². The molecule has 0 aromatic heterocycles. The summed E-state index contributed by atoms with van der Waals surface area (Å²) in [6, 6.07) is 0.174. The van der Waals surface area contributed by atoms with Crippen molar-refractivity contribution < 1.29 is 9.90 Å². The van der Waals surface area contributed by atoms with E-state index in [0.29, 0.717) is 25.4 Å². The molecule has 4 nitrogen and oxygen atoms in total. The van der Waals surface area contributed by atoms with Crippen LogP contribution in [-0.2, 0) is 4.79 Å². The quantitative estimate of drug-likeness (QED) is 0.717. The Morgan fingerprint density at radius 3 is 2.69 bits per heavy atom. The molecule has 2 rings (SSSR count). The summed E-state index contributed by atoms with van der Waals surface area (Å²) in [7, 11) is 0. The molecule has 4 heteroatoms. The van der Waals surface area contributed by atoms with Gasteiger partial charge < -0.3 is 15.7 Å². The molecular formula is C12H22N2O2. The van der Waals surface area contributed by atoms with Gasteiger partial charge in [-0.05, 0) is 38.5 Å². The summed E-state index contributed by atoms with van der Waals surface area (Å²) in [5.74, 6) is 0.631. The van der Waals surface area contributed by atoms with Crippen LogP contribution in [0.5, 0.6) is 0 Å². The van der Waals surface area contributed by atoms with Gasteiger partial charge in [-0.15, -0.1) is 0 Å². The van der Waals surface area contributed by atoms with Crippen LogP contribution < -0.4 is 5.73 Å². The Bertz CT molecular complexity index is 268. The summed E-state index contributed by atoms with van der Waals surface area (Å²) in [5.41, 5.74) is 5.08. The third-order valence-electron chi connectivity index (χ3n) is 3.67. The lowest BCUT2D eigenvalue weighted by atomic mass is 9.88. The van der Waals surface area contributed by atoms with Crippen molar-refractivity contribution in [3.63, 3.8) is 0 Å². The van der Waals surface area contributed by atoms with Crippen LogP contribution in [0.25, 0.3) is 0 Å². The molecule has 1 saturated carbocycles. The average Bonchev–Trinajstić information content (AvgIpc) is 2.95. The van der Waals surface area contributed by atoms with Gasteiger partial charge in [0.15, 0.2) is 0 Å². The number of carbonyl (C=O) groups is 1. The average molecular weight is 226 g/mol. The van der Waals surface area contributed by atoms with E-state index >= 15 is 0 Å². The van der Waals surface area contributed by atoms with Crippen molar-refractivity contribution >= 4 is 5.91 Å². The molecule has 2 aliphatic rings. The van der Waals surface area contributed by atoms with E-state index in [4.69, 9.17) is 5.73 Å². The first-order valence-electron chi connectivity index (χ1n) is 6.27. The fourth-order valence-corrected chi connectivity index (χ4v) is 2.40. The fourth-order valence-electron chi connectivity index (χ4n) is 2.40. The Balaban J connectivity index is 1.65. The molecule has 1 aliphatic heterocycles. The highest BCUT2D eigenvalue weighted by atomic mass is 16.3. The summed E-state index contributed by atoms with van der Waals surface area (Å²) in [6.45, 7) is 3.06. The smallest absolute Gasteiger partial charge is 0.222 e. The first-order chi connectivity index (χ1) is 7.51. The van der Waals surface area contributed by atoms with Crippen molar-refractivity contribution in [1.29, 1.82) is 0 Å². The molecule has 2 fully saturated rings. The zero-order chi connectivity index (χ0) is 11.8. The summed E-state index contributed by atoms with van der Waals surface area (Å²) in [4.78, 5) is 13.5. The number of carbonyl (C=O) groups excluding carboxylic acids is 1. The van der Waals surface area contributed by atoms with Crippen LogP contribution in [0.3, 0.4) is 0 Å². The Kier molecular flexibility index (Phi) is 3.22. The minimum atomic E-state index is -0.545. The molecule has 1 unspecified atom stereocenters. The van der Waals surface area contributed by atoms with E-state index in [0.717, 1.165) is 25.7 Å². The molecule has 1 amide bonds. The van der Waals surface area contributed by atoms with E-state index < -0.39 is 5.60 Å². The molecular weight excluding hydrogens is 204 g/mol. The molecule has 3 N–H and O–H groups in total. The highest BCUT2D eigenvalue weighted by Gasteiger charge is 2.52. The number of likely N-dealkylation sites (tertiary alicyclic amines) is 1. The van der Waals surface area contributed by atoms with Gasteiger partial charge in [0.2, 0.25) is 5.91 Å². The molecule has 0 spiro atoms. The van der Waals surface area contributed by atoms with Gasteiger partial charge in [-0.3, -0.25) is 4.79 Å². The standard InChI is InChI=1S/C12H22N2O2/c1-9(13)3-2-4-11(15)14-7-12(16,8-14)10-5-6-10/h9-10,16H,2-8,13H2,1H3. The Morgan fingerprint density at radius 1 is 1.56 bits per heavy atom. The van der Waals surface area contributed by atoms with Crippen LogP contribution in [0.15, 0.2) is 0 Å². The normalized spacial score (nSPS) is 25.1. The first-order valence-corrected chi connectivity index (χ1v) is 6.27. The molecule has 0 radical (unpaired) electrons. The molecule has 1 aliphatic carbocycles. The van der Waals surface area contributed by atoms with Crippen LogP contribution in [0, 0.1) is 5.92 Å². The van der Waals surface area contributed by atoms with Crippen LogP contribution in [0.1, 0.15) is 39.0 Å². The van der Waals surface area contributed by atoms with Gasteiger partial charge in [0.05, 0.1) is 13.1 Å². The number of nitrogens with two attached hydrogens (primary N) is 1. The second-order valence-corrected chi connectivity index (χ2v) is 5.50. The van der Waals surface area contributed by atoms with Crippen molar-refractivity contribution in [3.05, 3.63) is 0 Å². The van der Waals surface area contributed by atoms with Gasteiger partial charge in [-0.1, -0.05) is 0 Å². The van der Waals surface area contributed by atoms with Crippen molar-refractivity contribution in [1.82, 2.24) is 4.90 Å². The lowest BCUT2D eigenvalue weighted by molar-refractivity contribution is -0.159.